The van der Waals surface area contributed by atoms with Crippen molar-refractivity contribution in [3.8, 4) is 11.1 Å². The minimum atomic E-state index is -1.42. The Labute approximate surface area is 122 Å². The molecule has 0 saturated carbocycles. The van der Waals surface area contributed by atoms with Crippen LogP contribution in [0.15, 0.2) is 67.3 Å². The fraction of sp³-hybridized carbons (Fsp3) is 0.0588. The lowest BCUT2D eigenvalue weighted by atomic mass is 9.85. The number of aromatic amines is 1. The van der Waals surface area contributed by atoms with Crippen LogP contribution in [0.5, 0.6) is 0 Å². The highest BCUT2D eigenvalue weighted by atomic mass is 16.3. The van der Waals surface area contributed by atoms with Crippen LogP contribution in [-0.2, 0) is 5.60 Å². The molecule has 0 aliphatic rings. The van der Waals surface area contributed by atoms with Gasteiger partial charge in [0, 0.05) is 5.56 Å². The van der Waals surface area contributed by atoms with Crippen molar-refractivity contribution < 1.29 is 5.11 Å². The molecule has 1 atom stereocenters. The number of hydrogen-bond donors (Lipinski definition) is 2. The van der Waals surface area contributed by atoms with Crippen molar-refractivity contribution in [1.82, 2.24) is 15.4 Å². The Morgan fingerprint density at radius 1 is 1.10 bits per heavy atom. The molecule has 21 heavy (non-hydrogen) atoms. The summed E-state index contributed by atoms with van der Waals surface area (Å²) in [5.41, 5.74) is 1.58. The molecule has 1 heterocycles. The highest BCUT2D eigenvalue weighted by Gasteiger charge is 2.32. The van der Waals surface area contributed by atoms with Crippen molar-refractivity contribution in [2.75, 3.05) is 0 Å². The molecule has 0 aliphatic carbocycles. The first kappa shape index (κ1) is 13.3. The summed E-state index contributed by atoms with van der Waals surface area (Å²) < 4.78 is 0. The van der Waals surface area contributed by atoms with Gasteiger partial charge in [-0.15, -0.1) is 5.10 Å². The van der Waals surface area contributed by atoms with Gasteiger partial charge in [-0.1, -0.05) is 66.4 Å². The third kappa shape index (κ3) is 2.26. The Hall–Kier alpha value is -2.72. The van der Waals surface area contributed by atoms with Gasteiger partial charge in [-0.3, -0.25) is 5.10 Å². The average Bonchev–Trinajstić information content (AvgIpc) is 3.10. The average molecular weight is 276 g/mol. The SMILES string of the molecule is C=CC(O)(c1[c]nn[nH]1)c1ccccc1-c1ccccc1. The van der Waals surface area contributed by atoms with E-state index < -0.39 is 5.60 Å². The first-order valence-electron chi connectivity index (χ1n) is 6.56. The molecule has 0 saturated heterocycles. The maximum Gasteiger partial charge on any atom is 0.152 e. The third-order valence-corrected chi connectivity index (χ3v) is 3.47. The zero-order valence-corrected chi connectivity index (χ0v) is 11.3. The second-order valence-electron chi connectivity index (χ2n) is 4.68. The van der Waals surface area contributed by atoms with Gasteiger partial charge in [-0.2, -0.15) is 0 Å². The summed E-state index contributed by atoms with van der Waals surface area (Å²) in [5.74, 6) is 0. The van der Waals surface area contributed by atoms with Gasteiger partial charge < -0.3 is 5.11 Å². The van der Waals surface area contributed by atoms with Crippen LogP contribution in [0.25, 0.3) is 11.1 Å². The number of nitrogens with one attached hydrogen (secondary N) is 1. The molecule has 0 bridgehead atoms. The maximum absolute atomic E-state index is 11.0. The molecule has 1 radical (unpaired) electrons. The van der Waals surface area contributed by atoms with E-state index in [4.69, 9.17) is 0 Å². The van der Waals surface area contributed by atoms with Crippen LogP contribution in [0, 0.1) is 6.20 Å². The molecule has 2 N–H and O–H groups in total. The summed E-state index contributed by atoms with van der Waals surface area (Å²) in [7, 11) is 0. The lowest BCUT2D eigenvalue weighted by Crippen LogP contribution is -2.26. The first-order valence-corrected chi connectivity index (χ1v) is 6.56. The van der Waals surface area contributed by atoms with Crippen molar-refractivity contribution >= 4 is 0 Å². The van der Waals surface area contributed by atoms with Crippen LogP contribution in [0.4, 0.5) is 0 Å². The van der Waals surface area contributed by atoms with Crippen LogP contribution in [0.1, 0.15) is 11.3 Å². The molecule has 4 nitrogen and oxygen atoms in total. The molecule has 3 aromatic rings. The van der Waals surface area contributed by atoms with Crippen molar-refractivity contribution in [2.45, 2.75) is 5.60 Å². The van der Waals surface area contributed by atoms with Gasteiger partial charge >= 0.3 is 0 Å². The second-order valence-corrected chi connectivity index (χ2v) is 4.68. The molecular weight excluding hydrogens is 262 g/mol. The summed E-state index contributed by atoms with van der Waals surface area (Å²) in [6, 6.07) is 17.5. The number of aliphatic hydroxyl groups is 1. The molecule has 0 amide bonds. The maximum atomic E-state index is 11.0. The smallest absolute Gasteiger partial charge is 0.152 e. The lowest BCUT2D eigenvalue weighted by Gasteiger charge is -2.25. The fourth-order valence-corrected chi connectivity index (χ4v) is 2.38. The van der Waals surface area contributed by atoms with E-state index in [2.05, 4.69) is 28.2 Å². The monoisotopic (exact) mass is 276 g/mol. The van der Waals surface area contributed by atoms with Crippen LogP contribution in [0.2, 0.25) is 0 Å². The predicted octanol–water partition coefficient (Wildman–Crippen LogP) is 2.69. The van der Waals surface area contributed by atoms with Crippen molar-refractivity contribution in [1.29, 1.82) is 0 Å². The zero-order valence-electron chi connectivity index (χ0n) is 11.3. The van der Waals surface area contributed by atoms with E-state index in [1.807, 2.05) is 54.6 Å². The number of rotatable bonds is 4. The summed E-state index contributed by atoms with van der Waals surface area (Å²) in [6.45, 7) is 3.75. The van der Waals surface area contributed by atoms with Gasteiger partial charge in [0.15, 0.2) is 5.60 Å². The van der Waals surface area contributed by atoms with Crippen LogP contribution >= 0.6 is 0 Å². The van der Waals surface area contributed by atoms with Gasteiger partial charge in [-0.05, 0) is 17.2 Å². The number of nitrogens with zero attached hydrogens (tertiary/aromatic N) is 2. The Balaban J connectivity index is 2.21. The second kappa shape index (κ2) is 5.34. The van der Waals surface area contributed by atoms with Crippen LogP contribution in [0.3, 0.4) is 0 Å². The minimum Gasteiger partial charge on any atom is -0.375 e. The third-order valence-electron chi connectivity index (χ3n) is 3.47. The molecule has 4 heteroatoms. The van der Waals surface area contributed by atoms with Gasteiger partial charge in [0.25, 0.3) is 0 Å². The van der Waals surface area contributed by atoms with Gasteiger partial charge in [0.2, 0.25) is 0 Å². The molecular formula is C17H14N3O. The van der Waals surface area contributed by atoms with E-state index in [0.717, 1.165) is 11.1 Å². The van der Waals surface area contributed by atoms with Gasteiger partial charge in [0.1, 0.15) is 11.9 Å². The summed E-state index contributed by atoms with van der Waals surface area (Å²) in [6.07, 6.45) is 4.13. The number of hydrogen-bond acceptors (Lipinski definition) is 3. The predicted molar refractivity (Wildman–Crippen MR) is 80.3 cm³/mol. The molecule has 1 aromatic heterocycles. The first-order chi connectivity index (χ1) is 10.3. The molecule has 0 aliphatic heterocycles. The summed E-state index contributed by atoms with van der Waals surface area (Å²) in [5, 5.41) is 21.0. The van der Waals surface area contributed by atoms with E-state index in [-0.39, 0.29) is 0 Å². The van der Waals surface area contributed by atoms with Crippen molar-refractivity contribution in [3.63, 3.8) is 0 Å². The lowest BCUT2D eigenvalue weighted by molar-refractivity contribution is 0.130. The largest absolute Gasteiger partial charge is 0.375 e. The van der Waals surface area contributed by atoms with Crippen LogP contribution < -0.4 is 0 Å². The van der Waals surface area contributed by atoms with Crippen molar-refractivity contribution in [2.24, 2.45) is 0 Å². The standard InChI is InChI=1S/C17H14N3O/c1-2-17(21,16-12-18-20-19-16)15-11-7-6-10-14(15)13-8-4-3-5-9-13/h2-11,21H,1H2,(H,18,19,20). The highest BCUT2D eigenvalue weighted by molar-refractivity contribution is 5.69. The van der Waals surface area contributed by atoms with Gasteiger partial charge in [-0.25, -0.2) is 0 Å². The van der Waals surface area contributed by atoms with E-state index in [0.29, 0.717) is 11.3 Å². The summed E-state index contributed by atoms with van der Waals surface area (Å²) in [4.78, 5) is 0. The quantitative estimate of drug-likeness (QED) is 0.720. The van der Waals surface area contributed by atoms with E-state index in [1.54, 1.807) is 0 Å². The van der Waals surface area contributed by atoms with E-state index in [9.17, 15) is 5.11 Å². The zero-order chi connectivity index (χ0) is 14.7. The van der Waals surface area contributed by atoms with Crippen LogP contribution in [-0.4, -0.2) is 20.5 Å². The summed E-state index contributed by atoms with van der Waals surface area (Å²) >= 11 is 0. The molecule has 1 unspecified atom stereocenters. The Kier molecular flexibility index (Phi) is 3.38. The fourth-order valence-electron chi connectivity index (χ4n) is 2.38. The molecule has 3 rings (SSSR count). The molecule has 0 spiro atoms. The highest BCUT2D eigenvalue weighted by Crippen LogP contribution is 2.36. The Morgan fingerprint density at radius 2 is 1.81 bits per heavy atom. The normalized spacial score (nSPS) is 13.6. The van der Waals surface area contributed by atoms with E-state index in [1.165, 1.54) is 6.08 Å². The topological polar surface area (TPSA) is 61.8 Å². The molecule has 2 aromatic carbocycles. The van der Waals surface area contributed by atoms with Crippen molar-refractivity contribution in [3.05, 3.63) is 84.7 Å². The molecule has 103 valence electrons. The Bertz CT molecular complexity index is 738. The van der Waals surface area contributed by atoms with Gasteiger partial charge in [0.05, 0.1) is 0 Å². The number of H-pyrrole nitrogens is 1. The Morgan fingerprint density at radius 3 is 2.48 bits per heavy atom. The number of aromatic nitrogens is 3. The minimum absolute atomic E-state index is 0.362. The molecule has 0 fully saturated rings. The van der Waals surface area contributed by atoms with E-state index >= 15 is 0 Å². The number of benzene rings is 2.